The van der Waals surface area contributed by atoms with Gasteiger partial charge in [0.1, 0.15) is 12.9 Å². The van der Waals surface area contributed by atoms with Crippen molar-refractivity contribution < 1.29 is 19.1 Å². The summed E-state index contributed by atoms with van der Waals surface area (Å²) in [6, 6.07) is 9.36. The van der Waals surface area contributed by atoms with E-state index in [-0.39, 0.29) is 18.5 Å². The topological polar surface area (TPSA) is 52.6 Å². The molecule has 0 radical (unpaired) electrons. The number of esters is 2. The first-order chi connectivity index (χ1) is 8.75. The van der Waals surface area contributed by atoms with Crippen molar-refractivity contribution in [3.05, 3.63) is 48.2 Å². The van der Waals surface area contributed by atoms with Crippen LogP contribution in [0.1, 0.15) is 18.4 Å². The van der Waals surface area contributed by atoms with Gasteiger partial charge in [0.15, 0.2) is 0 Å². The Morgan fingerprint density at radius 3 is 2.61 bits per heavy atom. The van der Waals surface area contributed by atoms with E-state index in [1.54, 1.807) is 0 Å². The fourth-order valence-corrected chi connectivity index (χ4v) is 1.35. The minimum atomic E-state index is -0.526. The summed E-state index contributed by atoms with van der Waals surface area (Å²) in [7, 11) is 0. The predicted molar refractivity (Wildman–Crippen MR) is 64.2 cm³/mol. The standard InChI is InChI=1S/C14H14O4/c15-13(8-9-17-14(16)12-6-7-12)18-10-11-4-2-1-3-5-11/h1-5,8-9,12H,6-7,10H2/b9-8-. The summed E-state index contributed by atoms with van der Waals surface area (Å²) in [4.78, 5) is 22.4. The molecule has 0 aliphatic heterocycles. The fraction of sp³-hybridized carbons (Fsp3) is 0.286. The number of carbonyl (C=O) groups excluding carboxylic acids is 2. The van der Waals surface area contributed by atoms with E-state index in [2.05, 4.69) is 0 Å². The van der Waals surface area contributed by atoms with Crippen molar-refractivity contribution in [3.63, 3.8) is 0 Å². The Hall–Kier alpha value is -2.10. The number of hydrogen-bond donors (Lipinski definition) is 0. The van der Waals surface area contributed by atoms with Crippen LogP contribution < -0.4 is 0 Å². The highest BCUT2D eigenvalue weighted by Gasteiger charge is 2.30. The summed E-state index contributed by atoms with van der Waals surface area (Å²) < 4.78 is 9.74. The summed E-state index contributed by atoms with van der Waals surface area (Å²) >= 11 is 0. The molecule has 2 rings (SSSR count). The first kappa shape index (κ1) is 12.4. The highest BCUT2D eigenvalue weighted by atomic mass is 16.5. The quantitative estimate of drug-likeness (QED) is 0.454. The molecule has 0 amide bonds. The molecule has 1 aliphatic carbocycles. The van der Waals surface area contributed by atoms with Gasteiger partial charge in [-0.25, -0.2) is 4.79 Å². The first-order valence-electron chi connectivity index (χ1n) is 5.83. The molecule has 1 fully saturated rings. The van der Waals surface area contributed by atoms with E-state index < -0.39 is 5.97 Å². The normalized spacial score (nSPS) is 14.4. The Morgan fingerprint density at radius 1 is 1.22 bits per heavy atom. The Morgan fingerprint density at radius 2 is 1.94 bits per heavy atom. The van der Waals surface area contributed by atoms with Crippen LogP contribution in [0.4, 0.5) is 0 Å². The molecular formula is C14H14O4. The maximum atomic E-state index is 11.3. The lowest BCUT2D eigenvalue weighted by Gasteiger charge is -2.01. The number of carbonyl (C=O) groups is 2. The minimum Gasteiger partial charge on any atom is -0.458 e. The Labute approximate surface area is 105 Å². The van der Waals surface area contributed by atoms with Crippen LogP contribution in [0, 0.1) is 5.92 Å². The van der Waals surface area contributed by atoms with Gasteiger partial charge in [-0.1, -0.05) is 30.3 Å². The average molecular weight is 246 g/mol. The smallest absolute Gasteiger partial charge is 0.334 e. The Bertz CT molecular complexity index is 446. The molecule has 0 unspecified atom stereocenters. The van der Waals surface area contributed by atoms with Gasteiger partial charge in [-0.15, -0.1) is 0 Å². The molecule has 4 heteroatoms. The fourth-order valence-electron chi connectivity index (χ4n) is 1.35. The van der Waals surface area contributed by atoms with E-state index in [4.69, 9.17) is 9.47 Å². The van der Waals surface area contributed by atoms with Gasteiger partial charge in [0.2, 0.25) is 0 Å². The van der Waals surface area contributed by atoms with Crippen LogP contribution >= 0.6 is 0 Å². The van der Waals surface area contributed by atoms with Crippen LogP contribution in [0.2, 0.25) is 0 Å². The second-order valence-electron chi connectivity index (χ2n) is 4.11. The van der Waals surface area contributed by atoms with Gasteiger partial charge < -0.3 is 9.47 Å². The summed E-state index contributed by atoms with van der Waals surface area (Å²) in [5.74, 6) is -0.778. The number of hydrogen-bond acceptors (Lipinski definition) is 4. The van der Waals surface area contributed by atoms with Gasteiger partial charge in [0.05, 0.1) is 12.0 Å². The molecule has 0 saturated heterocycles. The maximum absolute atomic E-state index is 11.3. The van der Waals surface area contributed by atoms with Crippen LogP contribution in [0.15, 0.2) is 42.7 Å². The van der Waals surface area contributed by atoms with Crippen LogP contribution in [0.25, 0.3) is 0 Å². The molecule has 4 nitrogen and oxygen atoms in total. The molecule has 0 heterocycles. The predicted octanol–water partition coefficient (Wildman–Crippen LogP) is 2.20. The molecule has 1 aliphatic rings. The Balaban J connectivity index is 1.68. The van der Waals surface area contributed by atoms with Crippen molar-refractivity contribution in [3.8, 4) is 0 Å². The van der Waals surface area contributed by atoms with Crippen molar-refractivity contribution in [2.75, 3.05) is 0 Å². The molecular weight excluding hydrogens is 232 g/mol. The zero-order valence-corrected chi connectivity index (χ0v) is 9.87. The summed E-state index contributed by atoms with van der Waals surface area (Å²) in [5, 5.41) is 0. The molecule has 0 bridgehead atoms. The molecule has 0 atom stereocenters. The molecule has 18 heavy (non-hydrogen) atoms. The Kier molecular flexibility index (Phi) is 4.12. The average Bonchev–Trinajstić information content (AvgIpc) is 3.22. The van der Waals surface area contributed by atoms with Crippen LogP contribution in [-0.4, -0.2) is 11.9 Å². The largest absolute Gasteiger partial charge is 0.458 e. The number of rotatable bonds is 5. The molecule has 0 spiro atoms. The maximum Gasteiger partial charge on any atom is 0.334 e. The van der Waals surface area contributed by atoms with E-state index in [0.717, 1.165) is 30.7 Å². The zero-order chi connectivity index (χ0) is 12.8. The number of benzene rings is 1. The van der Waals surface area contributed by atoms with E-state index in [9.17, 15) is 9.59 Å². The van der Waals surface area contributed by atoms with Gasteiger partial charge in [0.25, 0.3) is 0 Å². The van der Waals surface area contributed by atoms with Gasteiger partial charge in [0, 0.05) is 0 Å². The van der Waals surface area contributed by atoms with E-state index in [0.29, 0.717) is 0 Å². The van der Waals surface area contributed by atoms with Crippen molar-refractivity contribution in [1.82, 2.24) is 0 Å². The second kappa shape index (κ2) is 6.00. The highest BCUT2D eigenvalue weighted by molar-refractivity contribution is 5.82. The summed E-state index contributed by atoms with van der Waals surface area (Å²) in [6.45, 7) is 0.209. The van der Waals surface area contributed by atoms with Gasteiger partial charge in [-0.3, -0.25) is 4.79 Å². The first-order valence-corrected chi connectivity index (χ1v) is 5.83. The van der Waals surface area contributed by atoms with Crippen molar-refractivity contribution >= 4 is 11.9 Å². The monoisotopic (exact) mass is 246 g/mol. The third-order valence-electron chi connectivity index (χ3n) is 2.52. The molecule has 1 aromatic rings. The summed E-state index contributed by atoms with van der Waals surface area (Å²) in [5.41, 5.74) is 0.911. The van der Waals surface area contributed by atoms with E-state index >= 15 is 0 Å². The second-order valence-corrected chi connectivity index (χ2v) is 4.11. The molecule has 0 N–H and O–H groups in total. The van der Waals surface area contributed by atoms with Gasteiger partial charge in [-0.05, 0) is 18.4 Å². The lowest BCUT2D eigenvalue weighted by molar-refractivity contribution is -0.140. The minimum absolute atomic E-state index is 0.0231. The van der Waals surface area contributed by atoms with E-state index in [1.807, 2.05) is 30.3 Å². The molecule has 94 valence electrons. The zero-order valence-electron chi connectivity index (χ0n) is 9.87. The van der Waals surface area contributed by atoms with Crippen molar-refractivity contribution in [2.45, 2.75) is 19.4 Å². The van der Waals surface area contributed by atoms with E-state index in [1.165, 1.54) is 0 Å². The van der Waals surface area contributed by atoms with Gasteiger partial charge >= 0.3 is 11.9 Å². The van der Waals surface area contributed by atoms with Crippen molar-refractivity contribution in [1.29, 1.82) is 0 Å². The molecule has 0 aromatic heterocycles. The summed E-state index contributed by atoms with van der Waals surface area (Å²) in [6.07, 6.45) is 3.97. The SMILES string of the molecule is O=C(/C=C\OC(=O)C1CC1)OCc1ccccc1. The lowest BCUT2D eigenvalue weighted by atomic mass is 10.2. The molecule has 1 aromatic carbocycles. The third kappa shape index (κ3) is 4.05. The number of ether oxygens (including phenoxy) is 2. The third-order valence-corrected chi connectivity index (χ3v) is 2.52. The van der Waals surface area contributed by atoms with Crippen molar-refractivity contribution in [2.24, 2.45) is 5.92 Å². The lowest BCUT2D eigenvalue weighted by Crippen LogP contribution is -2.04. The van der Waals surface area contributed by atoms with Crippen LogP contribution in [0.5, 0.6) is 0 Å². The van der Waals surface area contributed by atoms with Crippen LogP contribution in [0.3, 0.4) is 0 Å². The highest BCUT2D eigenvalue weighted by Crippen LogP contribution is 2.30. The molecule has 1 saturated carbocycles. The van der Waals surface area contributed by atoms with Gasteiger partial charge in [-0.2, -0.15) is 0 Å². The van der Waals surface area contributed by atoms with Crippen LogP contribution in [-0.2, 0) is 25.7 Å².